The second-order valence-corrected chi connectivity index (χ2v) is 9.41. The maximum absolute atomic E-state index is 12.9. The largest absolute Gasteiger partial charge is 0.507 e. The lowest BCUT2D eigenvalue weighted by molar-refractivity contribution is 0.0945. The number of aryl methyl sites for hydroxylation is 1. The highest BCUT2D eigenvalue weighted by Gasteiger charge is 2.28. The molecule has 0 bridgehead atoms. The van der Waals surface area contributed by atoms with E-state index in [0.29, 0.717) is 13.1 Å². The number of aromatic hydroxyl groups is 1. The van der Waals surface area contributed by atoms with Crippen molar-refractivity contribution in [2.45, 2.75) is 24.7 Å². The molecule has 0 saturated carbocycles. The Morgan fingerprint density at radius 2 is 1.77 bits per heavy atom. The second-order valence-electron chi connectivity index (χ2n) is 7.47. The van der Waals surface area contributed by atoms with Crippen molar-refractivity contribution in [1.29, 1.82) is 0 Å². The van der Waals surface area contributed by atoms with Crippen LogP contribution in [0.4, 0.5) is 0 Å². The van der Waals surface area contributed by atoms with Gasteiger partial charge in [-0.05, 0) is 50.1 Å². The van der Waals surface area contributed by atoms with Gasteiger partial charge in [-0.1, -0.05) is 17.7 Å². The molecule has 0 unspecified atom stereocenters. The Hall–Kier alpha value is -3.30. The highest BCUT2D eigenvalue weighted by atomic mass is 32.2. The van der Waals surface area contributed by atoms with Gasteiger partial charge in [0.05, 0.1) is 22.2 Å². The minimum absolute atomic E-state index is 0.0494. The molecule has 2 aromatic carbocycles. The summed E-state index contributed by atoms with van der Waals surface area (Å²) in [5, 5.41) is 13.9. The first-order valence-corrected chi connectivity index (χ1v) is 11.3. The van der Waals surface area contributed by atoms with Crippen LogP contribution in [0, 0.1) is 6.92 Å². The van der Waals surface area contributed by atoms with Gasteiger partial charge in [0.1, 0.15) is 5.75 Å². The predicted octanol–water partition coefficient (Wildman–Crippen LogP) is 2.60. The fourth-order valence-electron chi connectivity index (χ4n) is 3.54. The fourth-order valence-corrected chi connectivity index (χ4v) is 5.10. The van der Waals surface area contributed by atoms with Crippen molar-refractivity contribution in [3.8, 4) is 5.75 Å². The molecular formula is C22H21N3O5S. The minimum atomic E-state index is -3.66. The Bertz CT molecular complexity index is 1270. The molecule has 8 nitrogen and oxygen atoms in total. The Balaban J connectivity index is 1.61. The van der Waals surface area contributed by atoms with Gasteiger partial charge in [-0.2, -0.15) is 9.40 Å². The van der Waals surface area contributed by atoms with Crippen LogP contribution in [-0.4, -0.2) is 52.4 Å². The number of nitrogens with zero attached hydrogens (tertiary/aromatic N) is 3. The highest BCUT2D eigenvalue weighted by Crippen LogP contribution is 2.23. The first-order chi connectivity index (χ1) is 14.8. The molecule has 1 aromatic heterocycles. The normalized spacial score (nSPS) is 14.6. The fraction of sp³-hybridized carbons (Fsp3) is 0.227. The van der Waals surface area contributed by atoms with Gasteiger partial charge in [-0.3, -0.25) is 9.59 Å². The standard InChI is InChI=1S/C22H21N3O5S/c1-15-7-8-20(26)19(11-15)21(27)17-13-23-25(14-17)22(28)16-5-4-6-18(12-16)31(29,30)24-9-2-3-10-24/h4-8,11-14,26H,2-3,9-10H2,1H3. The maximum atomic E-state index is 12.9. The molecule has 9 heteroatoms. The van der Waals surface area contributed by atoms with Crippen LogP contribution < -0.4 is 0 Å². The summed E-state index contributed by atoms with van der Waals surface area (Å²) in [6.45, 7) is 2.74. The summed E-state index contributed by atoms with van der Waals surface area (Å²) in [6.07, 6.45) is 4.15. The zero-order valence-electron chi connectivity index (χ0n) is 16.9. The third-order valence-corrected chi connectivity index (χ3v) is 7.13. The number of hydrogen-bond donors (Lipinski definition) is 1. The highest BCUT2D eigenvalue weighted by molar-refractivity contribution is 7.89. The SMILES string of the molecule is Cc1ccc(O)c(C(=O)c2cnn(C(=O)c3cccc(S(=O)(=O)N4CCCC4)c3)c2)c1. The first kappa shape index (κ1) is 21.0. The van der Waals surface area contributed by atoms with Crippen LogP contribution in [0.5, 0.6) is 5.75 Å². The van der Waals surface area contributed by atoms with Gasteiger partial charge in [-0.15, -0.1) is 0 Å². The first-order valence-electron chi connectivity index (χ1n) is 9.81. The van der Waals surface area contributed by atoms with E-state index < -0.39 is 21.7 Å². The van der Waals surface area contributed by atoms with Gasteiger partial charge in [0, 0.05) is 24.8 Å². The summed E-state index contributed by atoms with van der Waals surface area (Å²) in [7, 11) is -3.66. The summed E-state index contributed by atoms with van der Waals surface area (Å²) in [6, 6.07) is 10.5. The quantitative estimate of drug-likeness (QED) is 0.612. The Morgan fingerprint density at radius 3 is 2.52 bits per heavy atom. The molecule has 0 amide bonds. The molecule has 4 rings (SSSR count). The Kier molecular flexibility index (Phi) is 5.47. The van der Waals surface area contributed by atoms with E-state index in [1.165, 1.54) is 47.0 Å². The average molecular weight is 439 g/mol. The number of sulfonamides is 1. The van der Waals surface area contributed by atoms with Gasteiger partial charge >= 0.3 is 0 Å². The third kappa shape index (κ3) is 4.01. The molecular weight excluding hydrogens is 418 g/mol. The van der Waals surface area contributed by atoms with E-state index >= 15 is 0 Å². The molecule has 2 heterocycles. The van der Waals surface area contributed by atoms with Gasteiger partial charge in [0.15, 0.2) is 5.78 Å². The van der Waals surface area contributed by atoms with Crippen LogP contribution in [0.15, 0.2) is 59.8 Å². The number of phenols is 1. The Morgan fingerprint density at radius 1 is 1.03 bits per heavy atom. The van der Waals surface area contributed by atoms with Crippen LogP contribution in [0.3, 0.4) is 0 Å². The van der Waals surface area contributed by atoms with Crippen molar-refractivity contribution in [2.75, 3.05) is 13.1 Å². The molecule has 0 atom stereocenters. The monoisotopic (exact) mass is 439 g/mol. The molecule has 0 aliphatic carbocycles. The third-order valence-electron chi connectivity index (χ3n) is 5.23. The van der Waals surface area contributed by atoms with Gasteiger partial charge in [-0.25, -0.2) is 13.1 Å². The molecule has 1 N–H and O–H groups in total. The van der Waals surface area contributed by atoms with E-state index in [-0.39, 0.29) is 27.3 Å². The summed E-state index contributed by atoms with van der Waals surface area (Å²) in [5.74, 6) is -1.19. The molecule has 3 aromatic rings. The van der Waals surface area contributed by atoms with E-state index in [1.807, 2.05) is 0 Å². The van der Waals surface area contributed by atoms with Crippen LogP contribution in [0.2, 0.25) is 0 Å². The minimum Gasteiger partial charge on any atom is -0.507 e. The van der Waals surface area contributed by atoms with E-state index in [4.69, 9.17) is 0 Å². The average Bonchev–Trinajstić information content (AvgIpc) is 3.47. The van der Waals surface area contributed by atoms with E-state index in [2.05, 4.69) is 5.10 Å². The molecule has 1 saturated heterocycles. The zero-order chi connectivity index (χ0) is 22.2. The van der Waals surface area contributed by atoms with Crippen LogP contribution >= 0.6 is 0 Å². The molecule has 0 spiro atoms. The van der Waals surface area contributed by atoms with Crippen molar-refractivity contribution < 1.29 is 23.1 Å². The van der Waals surface area contributed by atoms with Crippen molar-refractivity contribution in [1.82, 2.24) is 14.1 Å². The smallest absolute Gasteiger partial charge is 0.278 e. The van der Waals surface area contributed by atoms with Crippen molar-refractivity contribution in [3.05, 3.63) is 77.1 Å². The number of carbonyl (C=O) groups is 2. The molecule has 31 heavy (non-hydrogen) atoms. The summed E-state index contributed by atoms with van der Waals surface area (Å²) >= 11 is 0. The van der Waals surface area contributed by atoms with Crippen molar-refractivity contribution >= 4 is 21.7 Å². The van der Waals surface area contributed by atoms with Crippen LogP contribution in [0.1, 0.15) is 44.7 Å². The Labute approximate surface area is 179 Å². The molecule has 160 valence electrons. The van der Waals surface area contributed by atoms with Crippen molar-refractivity contribution in [3.63, 3.8) is 0 Å². The predicted molar refractivity (Wildman–Crippen MR) is 113 cm³/mol. The molecule has 1 fully saturated rings. The van der Waals surface area contributed by atoms with E-state index in [9.17, 15) is 23.1 Å². The number of benzene rings is 2. The number of hydrogen-bond acceptors (Lipinski definition) is 6. The maximum Gasteiger partial charge on any atom is 0.278 e. The van der Waals surface area contributed by atoms with Crippen LogP contribution in [-0.2, 0) is 10.0 Å². The summed E-state index contributed by atoms with van der Waals surface area (Å²) in [4.78, 5) is 25.6. The molecule has 1 aliphatic rings. The zero-order valence-corrected chi connectivity index (χ0v) is 17.7. The van der Waals surface area contributed by atoms with Gasteiger partial charge in [0.25, 0.3) is 5.91 Å². The number of phenolic OH excluding ortho intramolecular Hbond substituents is 1. The second kappa shape index (κ2) is 8.09. The number of rotatable bonds is 5. The van der Waals surface area contributed by atoms with Gasteiger partial charge < -0.3 is 5.11 Å². The number of aromatic nitrogens is 2. The lowest BCUT2D eigenvalue weighted by Crippen LogP contribution is -2.28. The van der Waals surface area contributed by atoms with Crippen molar-refractivity contribution in [2.24, 2.45) is 0 Å². The van der Waals surface area contributed by atoms with E-state index in [1.54, 1.807) is 19.1 Å². The molecule has 1 aliphatic heterocycles. The summed E-state index contributed by atoms with van der Waals surface area (Å²) in [5.41, 5.74) is 1.20. The number of ketones is 1. The lowest BCUT2D eigenvalue weighted by atomic mass is 10.0. The van der Waals surface area contributed by atoms with Gasteiger partial charge in [0.2, 0.25) is 10.0 Å². The summed E-state index contributed by atoms with van der Waals surface area (Å²) < 4.78 is 28.0. The van der Waals surface area contributed by atoms with E-state index in [0.717, 1.165) is 23.1 Å². The number of carbonyl (C=O) groups excluding carboxylic acids is 2. The lowest BCUT2D eigenvalue weighted by Gasteiger charge is -2.15. The van der Waals surface area contributed by atoms with Crippen LogP contribution in [0.25, 0.3) is 0 Å². The molecule has 0 radical (unpaired) electrons. The topological polar surface area (TPSA) is 110 Å².